The molecule has 1 saturated heterocycles. The van der Waals surface area contributed by atoms with Gasteiger partial charge in [-0.15, -0.1) is 0 Å². The number of anilines is 1. The molecule has 6 nitrogen and oxygen atoms in total. The molecule has 0 spiro atoms. The highest BCUT2D eigenvalue weighted by molar-refractivity contribution is 5.94. The number of rotatable bonds is 5. The van der Waals surface area contributed by atoms with Crippen LogP contribution in [0.1, 0.15) is 5.56 Å². The highest BCUT2D eigenvalue weighted by Gasteiger charge is 2.28. The number of methoxy groups -OCH3 is 3. The van der Waals surface area contributed by atoms with Crippen molar-refractivity contribution < 1.29 is 18.9 Å². The number of ether oxygens (including phenoxy) is 4. The first kappa shape index (κ1) is 15.8. The van der Waals surface area contributed by atoms with Gasteiger partial charge in [-0.1, -0.05) is 0 Å². The highest BCUT2D eigenvalue weighted by atomic mass is 16.5. The molecule has 0 amide bonds. The number of pyridine rings is 1. The van der Waals surface area contributed by atoms with Crippen molar-refractivity contribution >= 4 is 16.7 Å². The first-order valence-electron chi connectivity index (χ1n) is 7.57. The zero-order valence-electron chi connectivity index (χ0n) is 13.9. The number of benzene rings is 1. The quantitative estimate of drug-likeness (QED) is 0.913. The lowest BCUT2D eigenvalue weighted by molar-refractivity contribution is 0.0795. The van der Waals surface area contributed by atoms with Gasteiger partial charge >= 0.3 is 0 Å². The summed E-state index contributed by atoms with van der Waals surface area (Å²) in [4.78, 5) is 4.72. The lowest BCUT2D eigenvalue weighted by Gasteiger charge is -2.19. The van der Waals surface area contributed by atoms with Crippen LogP contribution in [0.4, 0.5) is 5.82 Å². The molecule has 2 atom stereocenters. The van der Waals surface area contributed by atoms with Crippen LogP contribution in [-0.4, -0.2) is 51.7 Å². The lowest BCUT2D eigenvalue weighted by Crippen LogP contribution is -2.33. The van der Waals surface area contributed by atoms with Gasteiger partial charge in [-0.2, -0.15) is 0 Å². The maximum atomic E-state index is 5.47. The van der Waals surface area contributed by atoms with Crippen molar-refractivity contribution in [3.63, 3.8) is 0 Å². The third-order valence-corrected chi connectivity index (χ3v) is 4.19. The van der Waals surface area contributed by atoms with E-state index in [1.54, 1.807) is 21.3 Å². The van der Waals surface area contributed by atoms with Gasteiger partial charge in [0, 0.05) is 12.5 Å². The summed E-state index contributed by atoms with van der Waals surface area (Å²) in [6.07, 6.45) is 0.0278. The minimum absolute atomic E-state index is 0.0278. The van der Waals surface area contributed by atoms with E-state index in [1.165, 1.54) is 0 Å². The van der Waals surface area contributed by atoms with Crippen molar-refractivity contribution in [3.8, 4) is 11.5 Å². The van der Waals surface area contributed by atoms with Gasteiger partial charge < -0.3 is 24.3 Å². The van der Waals surface area contributed by atoms with E-state index in [2.05, 4.69) is 5.32 Å². The van der Waals surface area contributed by atoms with Gasteiger partial charge in [0.1, 0.15) is 28.9 Å². The number of nitrogens with zero attached hydrogens (tertiary/aromatic N) is 1. The van der Waals surface area contributed by atoms with Crippen LogP contribution < -0.4 is 14.8 Å². The maximum absolute atomic E-state index is 5.47. The number of hydrogen-bond acceptors (Lipinski definition) is 6. The third kappa shape index (κ3) is 2.92. The van der Waals surface area contributed by atoms with E-state index in [9.17, 15) is 0 Å². The highest BCUT2D eigenvalue weighted by Crippen LogP contribution is 2.35. The topological polar surface area (TPSA) is 61.8 Å². The number of nitrogens with one attached hydrogen (secondary N) is 1. The van der Waals surface area contributed by atoms with Gasteiger partial charge in [-0.25, -0.2) is 4.98 Å². The number of aryl methyl sites for hydroxylation is 1. The van der Waals surface area contributed by atoms with Gasteiger partial charge in [0.25, 0.3) is 0 Å². The number of hydrogen-bond donors (Lipinski definition) is 1. The van der Waals surface area contributed by atoms with Crippen LogP contribution in [0.3, 0.4) is 0 Å². The second-order valence-electron chi connectivity index (χ2n) is 5.58. The summed E-state index contributed by atoms with van der Waals surface area (Å²) in [6.45, 7) is 3.24. The van der Waals surface area contributed by atoms with Crippen LogP contribution in [0.25, 0.3) is 10.9 Å². The fraction of sp³-hybridized carbons (Fsp3) is 0.471. The Morgan fingerprint density at radius 2 is 1.87 bits per heavy atom. The van der Waals surface area contributed by atoms with E-state index in [0.717, 1.165) is 33.8 Å². The van der Waals surface area contributed by atoms with E-state index in [0.29, 0.717) is 13.2 Å². The molecular weight excluding hydrogens is 296 g/mol. The van der Waals surface area contributed by atoms with Gasteiger partial charge in [0.15, 0.2) is 0 Å². The van der Waals surface area contributed by atoms with Crippen LogP contribution >= 0.6 is 0 Å². The first-order valence-corrected chi connectivity index (χ1v) is 7.57. The van der Waals surface area contributed by atoms with Gasteiger partial charge in [0.05, 0.1) is 33.5 Å². The van der Waals surface area contributed by atoms with Gasteiger partial charge in [-0.3, -0.25) is 0 Å². The van der Waals surface area contributed by atoms with E-state index in [1.807, 2.05) is 25.1 Å². The molecule has 1 aromatic carbocycles. The Kier molecular flexibility index (Phi) is 4.54. The Balaban J connectivity index is 2.03. The van der Waals surface area contributed by atoms with Crippen LogP contribution in [0.2, 0.25) is 0 Å². The fourth-order valence-corrected chi connectivity index (χ4v) is 2.98. The fourth-order valence-electron chi connectivity index (χ4n) is 2.98. The molecule has 1 aliphatic rings. The standard InChI is InChI=1S/C17H22N2O4/c1-10-7-15(18-11-8-23-9-14(11)22-4)19-17-13(21-3)6-5-12(20-2)16(10)17/h5-7,11,14H,8-9H2,1-4H3,(H,18,19)/t11-,14-/m0/s1. The molecule has 0 unspecified atom stereocenters. The summed E-state index contributed by atoms with van der Waals surface area (Å²) in [5.74, 6) is 2.29. The predicted octanol–water partition coefficient (Wildman–Crippen LogP) is 2.39. The largest absolute Gasteiger partial charge is 0.496 e. The Morgan fingerprint density at radius 3 is 2.57 bits per heavy atom. The normalized spacial score (nSPS) is 20.7. The maximum Gasteiger partial charge on any atom is 0.145 e. The van der Waals surface area contributed by atoms with Crippen LogP contribution in [0, 0.1) is 6.92 Å². The number of fused-ring (bicyclic) bond motifs is 1. The first-order chi connectivity index (χ1) is 11.2. The van der Waals surface area contributed by atoms with Crippen molar-refractivity contribution in [1.82, 2.24) is 4.98 Å². The minimum atomic E-state index is 0.0278. The van der Waals surface area contributed by atoms with Gasteiger partial charge in [-0.05, 0) is 30.7 Å². The van der Waals surface area contributed by atoms with Crippen molar-refractivity contribution in [1.29, 1.82) is 0 Å². The smallest absolute Gasteiger partial charge is 0.145 e. The average molecular weight is 318 g/mol. The molecule has 0 bridgehead atoms. The third-order valence-electron chi connectivity index (χ3n) is 4.19. The van der Waals surface area contributed by atoms with Crippen LogP contribution in [-0.2, 0) is 9.47 Å². The molecule has 1 aliphatic heterocycles. The molecular formula is C17H22N2O4. The molecule has 1 aromatic heterocycles. The molecule has 3 rings (SSSR count). The summed E-state index contributed by atoms with van der Waals surface area (Å²) in [5, 5.41) is 4.37. The number of aromatic nitrogens is 1. The molecule has 0 radical (unpaired) electrons. The van der Waals surface area contributed by atoms with E-state index >= 15 is 0 Å². The summed E-state index contributed by atoms with van der Waals surface area (Å²) in [5.41, 5.74) is 1.85. The van der Waals surface area contributed by atoms with Gasteiger partial charge in [0.2, 0.25) is 0 Å². The molecule has 23 heavy (non-hydrogen) atoms. The molecule has 0 saturated carbocycles. The van der Waals surface area contributed by atoms with Crippen molar-refractivity contribution in [2.45, 2.75) is 19.1 Å². The van der Waals surface area contributed by atoms with Crippen molar-refractivity contribution in [2.24, 2.45) is 0 Å². The molecule has 0 aliphatic carbocycles. The van der Waals surface area contributed by atoms with Crippen LogP contribution in [0.5, 0.6) is 11.5 Å². The Bertz CT molecular complexity index is 705. The summed E-state index contributed by atoms with van der Waals surface area (Å²) < 4.78 is 21.8. The SMILES string of the molecule is COc1ccc(OC)c2c(C)cc(N[C@H]3COC[C@@H]3OC)nc12. The van der Waals surface area contributed by atoms with Crippen molar-refractivity contribution in [3.05, 3.63) is 23.8 Å². The average Bonchev–Trinajstić information content (AvgIpc) is 3.00. The molecule has 124 valence electrons. The molecule has 2 heterocycles. The second kappa shape index (κ2) is 6.60. The summed E-state index contributed by atoms with van der Waals surface area (Å²) in [6, 6.07) is 5.86. The molecule has 2 aromatic rings. The Morgan fingerprint density at radius 1 is 1.13 bits per heavy atom. The van der Waals surface area contributed by atoms with E-state index in [4.69, 9.17) is 23.9 Å². The molecule has 1 fully saturated rings. The minimum Gasteiger partial charge on any atom is -0.496 e. The zero-order valence-corrected chi connectivity index (χ0v) is 13.9. The zero-order chi connectivity index (χ0) is 16.4. The van der Waals surface area contributed by atoms with E-state index in [-0.39, 0.29) is 12.1 Å². The predicted molar refractivity (Wildman–Crippen MR) is 88.6 cm³/mol. The monoisotopic (exact) mass is 318 g/mol. The lowest BCUT2D eigenvalue weighted by atomic mass is 10.1. The summed E-state index contributed by atoms with van der Waals surface area (Å²) >= 11 is 0. The van der Waals surface area contributed by atoms with Crippen LogP contribution in [0.15, 0.2) is 18.2 Å². The Labute approximate surface area is 135 Å². The second-order valence-corrected chi connectivity index (χ2v) is 5.58. The van der Waals surface area contributed by atoms with E-state index < -0.39 is 0 Å². The molecule has 6 heteroatoms. The summed E-state index contributed by atoms with van der Waals surface area (Å²) in [7, 11) is 5.00. The molecule has 1 N–H and O–H groups in total. The Hall–Kier alpha value is -2.05. The van der Waals surface area contributed by atoms with Crippen molar-refractivity contribution in [2.75, 3.05) is 39.9 Å².